The highest BCUT2D eigenvalue weighted by atomic mass is 35.5. The van der Waals surface area contributed by atoms with Crippen LogP contribution >= 0.6 is 11.6 Å². The highest BCUT2D eigenvalue weighted by Crippen LogP contribution is 2.47. The van der Waals surface area contributed by atoms with Gasteiger partial charge in [0.25, 0.3) is 0 Å². The molecule has 2 aliphatic rings. The fourth-order valence-corrected chi connectivity index (χ4v) is 3.70. The molecule has 102 valence electrons. The fourth-order valence-electron chi connectivity index (χ4n) is 3.52. The van der Waals surface area contributed by atoms with Crippen LogP contribution in [0.2, 0.25) is 5.02 Å². The maximum absolute atomic E-state index is 13.1. The average molecular weight is 283 g/mol. The molecule has 0 aromatic heterocycles. The summed E-state index contributed by atoms with van der Waals surface area (Å²) in [5.74, 6) is 0.203. The maximum atomic E-state index is 13.1. The molecule has 0 saturated heterocycles. The number of fused-ring (bicyclic) bond motifs is 2. The van der Waals surface area contributed by atoms with E-state index in [2.05, 4.69) is 5.32 Å². The van der Waals surface area contributed by atoms with Crippen molar-refractivity contribution < 1.29 is 9.18 Å². The normalized spacial score (nSPS) is 32.6. The zero-order chi connectivity index (χ0) is 13.6. The van der Waals surface area contributed by atoms with E-state index < -0.39 is 5.82 Å². The van der Waals surface area contributed by atoms with Crippen LogP contribution in [0.15, 0.2) is 18.2 Å². The highest BCUT2D eigenvalue weighted by molar-refractivity contribution is 6.31. The zero-order valence-electron chi connectivity index (χ0n) is 10.4. The Bertz CT molecular complexity index is 520. The van der Waals surface area contributed by atoms with Crippen molar-refractivity contribution in [1.82, 2.24) is 0 Å². The molecule has 2 saturated carbocycles. The van der Waals surface area contributed by atoms with E-state index in [0.717, 1.165) is 19.3 Å². The number of rotatable bonds is 2. The van der Waals surface area contributed by atoms with Crippen molar-refractivity contribution in [2.75, 3.05) is 5.32 Å². The fraction of sp³-hybridized carbons (Fsp3) is 0.500. The minimum Gasteiger partial charge on any atom is -0.327 e. The first-order valence-electron chi connectivity index (χ1n) is 6.58. The van der Waals surface area contributed by atoms with Crippen LogP contribution in [0.3, 0.4) is 0 Å². The number of carbonyl (C=O) groups is 1. The number of halogens is 2. The van der Waals surface area contributed by atoms with Gasteiger partial charge < -0.3 is 11.1 Å². The molecule has 0 heterocycles. The molecule has 19 heavy (non-hydrogen) atoms. The van der Waals surface area contributed by atoms with Crippen LogP contribution in [0.4, 0.5) is 10.1 Å². The Balaban J connectivity index is 1.73. The van der Waals surface area contributed by atoms with Gasteiger partial charge >= 0.3 is 0 Å². The predicted octanol–water partition coefficient (Wildman–Crippen LogP) is 2.79. The summed E-state index contributed by atoms with van der Waals surface area (Å²) < 4.78 is 13.1. The lowest BCUT2D eigenvalue weighted by Gasteiger charge is -2.27. The molecule has 1 aromatic rings. The molecule has 0 radical (unpaired) electrons. The molecule has 3 N–H and O–H groups in total. The third-order valence-electron chi connectivity index (χ3n) is 4.47. The monoisotopic (exact) mass is 282 g/mol. The second-order valence-corrected chi connectivity index (χ2v) is 5.96. The van der Waals surface area contributed by atoms with Crippen LogP contribution in [-0.2, 0) is 4.79 Å². The second kappa shape index (κ2) is 4.76. The molecule has 3 rings (SSSR count). The summed E-state index contributed by atoms with van der Waals surface area (Å²) in [4.78, 5) is 12.3. The first-order valence-corrected chi connectivity index (χ1v) is 6.95. The van der Waals surface area contributed by atoms with Crippen molar-refractivity contribution in [3.63, 3.8) is 0 Å². The lowest BCUT2D eigenvalue weighted by atomic mass is 9.84. The Morgan fingerprint density at radius 1 is 1.37 bits per heavy atom. The van der Waals surface area contributed by atoms with Crippen molar-refractivity contribution in [1.29, 1.82) is 0 Å². The molecule has 1 aromatic carbocycles. The number of amides is 1. The summed E-state index contributed by atoms with van der Waals surface area (Å²) in [7, 11) is 0. The van der Waals surface area contributed by atoms with Gasteiger partial charge in [0.15, 0.2) is 0 Å². The van der Waals surface area contributed by atoms with Gasteiger partial charge in [-0.2, -0.15) is 0 Å². The first kappa shape index (κ1) is 12.9. The van der Waals surface area contributed by atoms with Gasteiger partial charge in [0.05, 0.1) is 10.9 Å². The van der Waals surface area contributed by atoms with Crippen LogP contribution in [0.5, 0.6) is 0 Å². The molecule has 4 atom stereocenters. The summed E-state index contributed by atoms with van der Waals surface area (Å²) in [5.41, 5.74) is 6.65. The third-order valence-corrected chi connectivity index (χ3v) is 4.76. The van der Waals surface area contributed by atoms with E-state index in [1.165, 1.54) is 18.2 Å². The van der Waals surface area contributed by atoms with E-state index in [1.807, 2.05) is 0 Å². The minimum absolute atomic E-state index is 0.00930. The molecule has 4 unspecified atom stereocenters. The number of hydrogen-bond acceptors (Lipinski definition) is 2. The molecule has 0 aliphatic heterocycles. The number of nitrogens with one attached hydrogen (secondary N) is 1. The Morgan fingerprint density at radius 2 is 2.11 bits per heavy atom. The van der Waals surface area contributed by atoms with Crippen molar-refractivity contribution >= 4 is 23.2 Å². The van der Waals surface area contributed by atoms with Crippen LogP contribution in [0.25, 0.3) is 0 Å². The molecule has 5 heteroatoms. The molecule has 2 aliphatic carbocycles. The first-order chi connectivity index (χ1) is 9.06. The van der Waals surface area contributed by atoms with E-state index in [1.54, 1.807) is 0 Å². The summed E-state index contributed by atoms with van der Waals surface area (Å²) in [6, 6.07) is 4.14. The van der Waals surface area contributed by atoms with Crippen LogP contribution in [-0.4, -0.2) is 11.9 Å². The number of hydrogen-bond donors (Lipinski definition) is 2. The predicted molar refractivity (Wildman–Crippen MR) is 72.3 cm³/mol. The smallest absolute Gasteiger partial charge is 0.229 e. The summed E-state index contributed by atoms with van der Waals surface area (Å²) in [5, 5.41) is 2.81. The van der Waals surface area contributed by atoms with Gasteiger partial charge in [-0.25, -0.2) is 4.39 Å². The van der Waals surface area contributed by atoms with Gasteiger partial charge in [-0.05, 0) is 49.3 Å². The van der Waals surface area contributed by atoms with Gasteiger partial charge in [0.2, 0.25) is 5.91 Å². The number of benzene rings is 1. The standard InChI is InChI=1S/C14H16ClFN2O/c15-10-6-9(3-4-11(10)16)18-14(19)12-7-1-2-8(5-7)13(12)17/h3-4,6-8,12-13H,1-2,5,17H2,(H,18,19). The van der Waals surface area contributed by atoms with Crippen molar-refractivity contribution in [3.05, 3.63) is 29.0 Å². The molecule has 2 bridgehead atoms. The molecular weight excluding hydrogens is 267 g/mol. The third kappa shape index (κ3) is 2.23. The van der Waals surface area contributed by atoms with E-state index in [9.17, 15) is 9.18 Å². The van der Waals surface area contributed by atoms with Crippen molar-refractivity contribution in [2.45, 2.75) is 25.3 Å². The Hall–Kier alpha value is -1.13. The van der Waals surface area contributed by atoms with Crippen molar-refractivity contribution in [2.24, 2.45) is 23.5 Å². The zero-order valence-corrected chi connectivity index (χ0v) is 11.2. The topological polar surface area (TPSA) is 55.1 Å². The van der Waals surface area contributed by atoms with E-state index in [0.29, 0.717) is 17.5 Å². The van der Waals surface area contributed by atoms with E-state index in [-0.39, 0.29) is 22.9 Å². The highest BCUT2D eigenvalue weighted by Gasteiger charge is 2.49. The summed E-state index contributed by atoms with van der Waals surface area (Å²) in [6.07, 6.45) is 3.28. The quantitative estimate of drug-likeness (QED) is 0.876. The molecule has 3 nitrogen and oxygen atoms in total. The van der Waals surface area contributed by atoms with Crippen molar-refractivity contribution in [3.8, 4) is 0 Å². The van der Waals surface area contributed by atoms with Gasteiger partial charge in [-0.3, -0.25) is 4.79 Å². The summed E-state index contributed by atoms with van der Waals surface area (Å²) in [6.45, 7) is 0. The van der Waals surface area contributed by atoms with Gasteiger partial charge in [0, 0.05) is 11.7 Å². The number of nitrogens with two attached hydrogens (primary N) is 1. The van der Waals surface area contributed by atoms with E-state index >= 15 is 0 Å². The summed E-state index contributed by atoms with van der Waals surface area (Å²) >= 11 is 5.70. The molecule has 2 fully saturated rings. The van der Waals surface area contributed by atoms with Crippen LogP contribution < -0.4 is 11.1 Å². The van der Waals surface area contributed by atoms with E-state index in [4.69, 9.17) is 17.3 Å². The molecular formula is C14H16ClFN2O. The largest absolute Gasteiger partial charge is 0.327 e. The van der Waals surface area contributed by atoms with Gasteiger partial charge in [-0.15, -0.1) is 0 Å². The SMILES string of the molecule is NC1C2CCC(C2)C1C(=O)Nc1ccc(F)c(Cl)c1. The van der Waals surface area contributed by atoms with Crippen LogP contribution in [0, 0.1) is 23.6 Å². The van der Waals surface area contributed by atoms with Crippen LogP contribution in [0.1, 0.15) is 19.3 Å². The lowest BCUT2D eigenvalue weighted by molar-refractivity contribution is -0.121. The Labute approximate surface area is 116 Å². The van der Waals surface area contributed by atoms with Gasteiger partial charge in [0.1, 0.15) is 5.82 Å². The maximum Gasteiger partial charge on any atom is 0.229 e. The molecule has 1 amide bonds. The molecule has 0 spiro atoms. The Kier molecular flexibility index (Phi) is 3.23. The second-order valence-electron chi connectivity index (χ2n) is 5.55. The average Bonchev–Trinajstić information content (AvgIpc) is 2.94. The minimum atomic E-state index is -0.490. The van der Waals surface area contributed by atoms with Gasteiger partial charge in [-0.1, -0.05) is 11.6 Å². The Morgan fingerprint density at radius 3 is 2.74 bits per heavy atom. The number of anilines is 1. The number of carbonyl (C=O) groups excluding carboxylic acids is 1. The lowest BCUT2D eigenvalue weighted by Crippen LogP contribution is -2.42.